The molecule has 0 unspecified atom stereocenters. The molecule has 0 fully saturated rings. The lowest BCUT2D eigenvalue weighted by molar-refractivity contribution is 0.469. The third kappa shape index (κ3) is 3.00. The summed E-state index contributed by atoms with van der Waals surface area (Å²) in [5.74, 6) is 0.142. The van der Waals surface area contributed by atoms with Gasteiger partial charge in [-0.15, -0.1) is 0 Å². The lowest BCUT2D eigenvalue weighted by atomic mass is 10.0. The number of unbranched alkanes of at least 4 members (excludes halogenated alkanes) is 1. The molecule has 1 heterocycles. The summed E-state index contributed by atoms with van der Waals surface area (Å²) in [5, 5.41) is 11.3. The number of aromatic nitrogens is 1. The second kappa shape index (κ2) is 6.69. The summed E-state index contributed by atoms with van der Waals surface area (Å²) in [4.78, 5) is 12.9. The highest BCUT2D eigenvalue weighted by molar-refractivity contribution is 5.86. The number of aromatic hydroxyl groups is 1. The van der Waals surface area contributed by atoms with Crippen LogP contribution < -0.4 is 5.56 Å². The first-order valence-electron chi connectivity index (χ1n) is 8.09. The number of nitrogens with zero attached hydrogens (tertiary/aromatic N) is 1. The maximum absolute atomic E-state index is 12.9. The summed E-state index contributed by atoms with van der Waals surface area (Å²) in [6.45, 7) is 2.60. The summed E-state index contributed by atoms with van der Waals surface area (Å²) < 4.78 is 1.77. The van der Waals surface area contributed by atoms with Crippen LogP contribution in [0.15, 0.2) is 59.4 Å². The van der Waals surface area contributed by atoms with Crippen LogP contribution in [0.5, 0.6) is 5.75 Å². The highest BCUT2D eigenvalue weighted by Crippen LogP contribution is 2.27. The quantitative estimate of drug-likeness (QED) is 0.771. The van der Waals surface area contributed by atoms with Crippen molar-refractivity contribution in [2.45, 2.75) is 32.7 Å². The van der Waals surface area contributed by atoms with Crippen LogP contribution >= 0.6 is 0 Å². The van der Waals surface area contributed by atoms with Crippen LogP contribution in [-0.4, -0.2) is 9.67 Å². The zero-order chi connectivity index (χ0) is 16.2. The topological polar surface area (TPSA) is 42.2 Å². The average molecular weight is 307 g/mol. The van der Waals surface area contributed by atoms with Crippen molar-refractivity contribution < 1.29 is 5.11 Å². The first-order chi connectivity index (χ1) is 11.2. The molecule has 0 aliphatic carbocycles. The van der Waals surface area contributed by atoms with Gasteiger partial charge in [0, 0.05) is 5.39 Å². The van der Waals surface area contributed by atoms with Crippen molar-refractivity contribution >= 4 is 10.9 Å². The first kappa shape index (κ1) is 15.3. The second-order valence-corrected chi connectivity index (χ2v) is 5.82. The molecular weight excluding hydrogens is 286 g/mol. The molecule has 0 aliphatic heterocycles. The maximum atomic E-state index is 12.9. The molecule has 3 rings (SSSR count). The highest BCUT2D eigenvalue weighted by Gasteiger charge is 2.15. The molecule has 118 valence electrons. The molecule has 0 bridgehead atoms. The van der Waals surface area contributed by atoms with Gasteiger partial charge in [-0.25, -0.2) is 0 Å². The van der Waals surface area contributed by atoms with Crippen LogP contribution in [0.4, 0.5) is 0 Å². The first-order valence-corrected chi connectivity index (χ1v) is 8.09. The monoisotopic (exact) mass is 307 g/mol. The van der Waals surface area contributed by atoms with Crippen molar-refractivity contribution in [2.75, 3.05) is 0 Å². The van der Waals surface area contributed by atoms with Crippen molar-refractivity contribution in [2.24, 2.45) is 0 Å². The van der Waals surface area contributed by atoms with Gasteiger partial charge in [0.25, 0.3) is 5.56 Å². The lowest BCUT2D eigenvalue weighted by Crippen LogP contribution is -2.25. The third-order valence-electron chi connectivity index (χ3n) is 4.20. The van der Waals surface area contributed by atoms with E-state index in [2.05, 4.69) is 6.92 Å². The maximum Gasteiger partial charge on any atom is 0.258 e. The van der Waals surface area contributed by atoms with Crippen LogP contribution in [0.1, 0.15) is 30.9 Å². The van der Waals surface area contributed by atoms with Gasteiger partial charge in [-0.1, -0.05) is 55.8 Å². The Kier molecular flexibility index (Phi) is 4.47. The van der Waals surface area contributed by atoms with Gasteiger partial charge in [-0.05, 0) is 30.5 Å². The summed E-state index contributed by atoms with van der Waals surface area (Å²) >= 11 is 0. The molecule has 0 spiro atoms. The fraction of sp³-hybridized carbons (Fsp3) is 0.250. The van der Waals surface area contributed by atoms with Gasteiger partial charge in [0.15, 0.2) is 0 Å². The third-order valence-corrected chi connectivity index (χ3v) is 4.20. The van der Waals surface area contributed by atoms with Crippen LogP contribution in [0.25, 0.3) is 10.9 Å². The van der Waals surface area contributed by atoms with Gasteiger partial charge >= 0.3 is 0 Å². The van der Waals surface area contributed by atoms with Gasteiger partial charge in [0.1, 0.15) is 5.75 Å². The molecule has 0 radical (unpaired) electrons. The Labute approximate surface area is 135 Å². The van der Waals surface area contributed by atoms with Crippen LogP contribution in [0.3, 0.4) is 0 Å². The van der Waals surface area contributed by atoms with Crippen molar-refractivity contribution in [3.8, 4) is 5.75 Å². The molecule has 3 nitrogen and oxygen atoms in total. The van der Waals surface area contributed by atoms with Crippen molar-refractivity contribution in [3.05, 3.63) is 76.1 Å². The van der Waals surface area contributed by atoms with E-state index in [0.717, 1.165) is 29.3 Å². The van der Waals surface area contributed by atoms with E-state index in [1.807, 2.05) is 54.6 Å². The molecule has 3 heteroatoms. The molecule has 0 saturated carbocycles. The molecule has 0 atom stereocenters. The summed E-state index contributed by atoms with van der Waals surface area (Å²) in [7, 11) is 0. The average Bonchev–Trinajstić information content (AvgIpc) is 2.59. The van der Waals surface area contributed by atoms with E-state index in [-0.39, 0.29) is 11.3 Å². The molecule has 2 aromatic carbocycles. The Balaban J connectivity index is 2.20. The molecule has 0 amide bonds. The normalized spacial score (nSPS) is 11.0. The van der Waals surface area contributed by atoms with E-state index >= 15 is 0 Å². The van der Waals surface area contributed by atoms with Crippen LogP contribution in [0, 0.1) is 0 Å². The molecule has 23 heavy (non-hydrogen) atoms. The van der Waals surface area contributed by atoms with Gasteiger partial charge in [0.2, 0.25) is 0 Å². The number of rotatable bonds is 5. The van der Waals surface area contributed by atoms with Gasteiger partial charge in [0.05, 0.1) is 17.6 Å². The summed E-state index contributed by atoms with van der Waals surface area (Å²) in [5.41, 5.74) is 2.30. The standard InChI is InChI=1S/C20H21NO2/c1-2-3-11-17-19(22)16-12-7-8-13-18(16)21(20(17)23)14-15-9-5-4-6-10-15/h4-10,12-13,22H,2-3,11,14H2,1H3. The minimum atomic E-state index is -0.0847. The summed E-state index contributed by atoms with van der Waals surface area (Å²) in [6.07, 6.45) is 2.50. The van der Waals surface area contributed by atoms with E-state index in [9.17, 15) is 9.90 Å². The lowest BCUT2D eigenvalue weighted by Gasteiger charge is -2.15. The Bertz CT molecular complexity index is 866. The minimum absolute atomic E-state index is 0.0847. The molecule has 3 aromatic rings. The SMILES string of the molecule is CCCCc1c(O)c2ccccc2n(Cc2ccccc2)c1=O. The van der Waals surface area contributed by atoms with E-state index in [4.69, 9.17) is 0 Å². The number of benzene rings is 2. The number of pyridine rings is 1. The van der Waals surface area contributed by atoms with Crippen LogP contribution in [-0.2, 0) is 13.0 Å². The largest absolute Gasteiger partial charge is 0.507 e. The predicted molar refractivity (Wildman–Crippen MR) is 94.0 cm³/mol. The number of para-hydroxylation sites is 1. The molecule has 0 saturated heterocycles. The van der Waals surface area contributed by atoms with Crippen molar-refractivity contribution in [1.29, 1.82) is 0 Å². The van der Waals surface area contributed by atoms with Gasteiger partial charge < -0.3 is 9.67 Å². The summed E-state index contributed by atoms with van der Waals surface area (Å²) in [6, 6.07) is 17.5. The van der Waals surface area contributed by atoms with Crippen molar-refractivity contribution in [1.82, 2.24) is 4.57 Å². The van der Waals surface area contributed by atoms with Gasteiger partial charge in [-0.2, -0.15) is 0 Å². The van der Waals surface area contributed by atoms with E-state index in [1.54, 1.807) is 4.57 Å². The van der Waals surface area contributed by atoms with E-state index < -0.39 is 0 Å². The smallest absolute Gasteiger partial charge is 0.258 e. The second-order valence-electron chi connectivity index (χ2n) is 5.82. The Morgan fingerprint density at radius 1 is 1.00 bits per heavy atom. The fourth-order valence-corrected chi connectivity index (χ4v) is 2.95. The molecule has 0 aliphatic rings. The highest BCUT2D eigenvalue weighted by atomic mass is 16.3. The van der Waals surface area contributed by atoms with Crippen LogP contribution in [0.2, 0.25) is 0 Å². The number of hydrogen-bond donors (Lipinski definition) is 1. The molecule has 1 N–H and O–H groups in total. The minimum Gasteiger partial charge on any atom is -0.507 e. The molecule has 1 aromatic heterocycles. The zero-order valence-electron chi connectivity index (χ0n) is 13.3. The predicted octanol–water partition coefficient (Wildman–Crippen LogP) is 4.10. The Morgan fingerprint density at radius 2 is 1.70 bits per heavy atom. The Morgan fingerprint density at radius 3 is 2.43 bits per heavy atom. The zero-order valence-corrected chi connectivity index (χ0v) is 13.3. The molecular formula is C20H21NO2. The van der Waals surface area contributed by atoms with E-state index in [0.29, 0.717) is 18.5 Å². The number of hydrogen-bond acceptors (Lipinski definition) is 2. The fourth-order valence-electron chi connectivity index (χ4n) is 2.95. The number of fused-ring (bicyclic) bond motifs is 1. The Hall–Kier alpha value is -2.55. The van der Waals surface area contributed by atoms with Crippen molar-refractivity contribution in [3.63, 3.8) is 0 Å². The van der Waals surface area contributed by atoms with E-state index in [1.165, 1.54) is 0 Å². The van der Waals surface area contributed by atoms with Gasteiger partial charge in [-0.3, -0.25) is 4.79 Å².